The summed E-state index contributed by atoms with van der Waals surface area (Å²) in [6, 6.07) is 0.557. The molecule has 6 heteroatoms. The molecule has 1 aliphatic rings. The molecule has 1 atom stereocenters. The molecule has 0 radical (unpaired) electrons. The largest absolute Gasteiger partial charge is 0.487 e. The van der Waals surface area contributed by atoms with Gasteiger partial charge in [0.15, 0.2) is 16.6 Å². The normalized spacial score (nSPS) is 21.3. The van der Waals surface area contributed by atoms with Crippen molar-refractivity contribution in [3.05, 3.63) is 0 Å². The minimum Gasteiger partial charge on any atom is -0.487 e. The molecule has 18 heavy (non-hydrogen) atoms. The molecule has 1 unspecified atom stereocenters. The number of rotatable bonds is 4. The van der Waals surface area contributed by atoms with Gasteiger partial charge in [-0.25, -0.2) is 0 Å². The number of nitrogens with two attached hydrogens (primary N) is 1. The van der Waals surface area contributed by atoms with Crippen LogP contribution in [0.2, 0.25) is 0 Å². The van der Waals surface area contributed by atoms with Crippen molar-refractivity contribution in [2.24, 2.45) is 0 Å². The van der Waals surface area contributed by atoms with Gasteiger partial charge in [0, 0.05) is 25.7 Å². The van der Waals surface area contributed by atoms with Crippen LogP contribution in [0.1, 0.15) is 20.8 Å². The van der Waals surface area contributed by atoms with Crippen LogP contribution in [-0.2, 0) is 0 Å². The third kappa shape index (κ3) is 2.54. The maximum atomic E-state index is 5.86. The molecular formula is C12H22N4OS. The van der Waals surface area contributed by atoms with E-state index in [9.17, 15) is 0 Å². The van der Waals surface area contributed by atoms with E-state index in [0.29, 0.717) is 18.5 Å². The molecule has 5 nitrogen and oxygen atoms in total. The predicted molar refractivity (Wildman–Crippen MR) is 76.6 cm³/mol. The topological polar surface area (TPSA) is 54.6 Å². The minimum atomic E-state index is 0.516. The quantitative estimate of drug-likeness (QED) is 0.901. The van der Waals surface area contributed by atoms with Crippen molar-refractivity contribution < 1.29 is 4.74 Å². The number of anilines is 2. The first-order valence-corrected chi connectivity index (χ1v) is 7.31. The molecule has 2 rings (SSSR count). The molecule has 0 amide bonds. The lowest BCUT2D eigenvalue weighted by Crippen LogP contribution is -2.51. The smallest absolute Gasteiger partial charge is 0.197 e. The van der Waals surface area contributed by atoms with Gasteiger partial charge in [-0.05, 0) is 31.9 Å². The van der Waals surface area contributed by atoms with Crippen LogP contribution in [0.5, 0.6) is 5.75 Å². The zero-order valence-corrected chi connectivity index (χ0v) is 12.2. The van der Waals surface area contributed by atoms with Gasteiger partial charge in [0.05, 0.1) is 6.61 Å². The van der Waals surface area contributed by atoms with Crippen LogP contribution in [0.4, 0.5) is 10.8 Å². The van der Waals surface area contributed by atoms with Crippen molar-refractivity contribution in [1.29, 1.82) is 0 Å². The van der Waals surface area contributed by atoms with Gasteiger partial charge in [0.2, 0.25) is 0 Å². The van der Waals surface area contributed by atoms with E-state index in [1.807, 2.05) is 6.92 Å². The van der Waals surface area contributed by atoms with E-state index in [-0.39, 0.29) is 0 Å². The van der Waals surface area contributed by atoms with Crippen LogP contribution in [0.3, 0.4) is 0 Å². The molecule has 1 fully saturated rings. The fourth-order valence-corrected chi connectivity index (χ4v) is 3.21. The third-order valence-corrected chi connectivity index (χ3v) is 4.31. The summed E-state index contributed by atoms with van der Waals surface area (Å²) in [5, 5.41) is 1.08. The van der Waals surface area contributed by atoms with Crippen LogP contribution in [0, 0.1) is 0 Å². The standard InChI is InChI=1S/C12H22N4OS/c1-4-15-6-7-16(8-9(15)3)12-10(17-5-2)11(13)14-18-12/h9H,4-8H2,1-3H3,(H2,13,14). The Morgan fingerprint density at radius 1 is 1.44 bits per heavy atom. The molecule has 1 aromatic rings. The molecule has 0 spiro atoms. The summed E-state index contributed by atoms with van der Waals surface area (Å²) in [5.74, 6) is 1.28. The van der Waals surface area contributed by atoms with Crippen molar-refractivity contribution in [2.45, 2.75) is 26.8 Å². The number of hydrogen-bond donors (Lipinski definition) is 1. The number of likely N-dealkylation sites (N-methyl/N-ethyl adjacent to an activating group) is 1. The van der Waals surface area contributed by atoms with Gasteiger partial charge in [0.25, 0.3) is 0 Å². The second kappa shape index (κ2) is 5.75. The van der Waals surface area contributed by atoms with Crippen molar-refractivity contribution in [2.75, 3.05) is 43.4 Å². The first kappa shape index (κ1) is 13.4. The maximum Gasteiger partial charge on any atom is 0.197 e. The SMILES string of the molecule is CCOc1c(N)nsc1N1CCN(CC)C(C)C1. The maximum absolute atomic E-state index is 5.86. The summed E-state index contributed by atoms with van der Waals surface area (Å²) < 4.78 is 9.83. The first-order chi connectivity index (χ1) is 8.67. The molecule has 1 saturated heterocycles. The van der Waals surface area contributed by atoms with Crippen molar-refractivity contribution in [1.82, 2.24) is 9.27 Å². The first-order valence-electron chi connectivity index (χ1n) is 6.54. The Kier molecular flexibility index (Phi) is 4.29. The molecule has 0 aliphatic carbocycles. The van der Waals surface area contributed by atoms with E-state index in [1.165, 1.54) is 11.5 Å². The monoisotopic (exact) mass is 270 g/mol. The molecule has 2 N–H and O–H groups in total. The highest BCUT2D eigenvalue weighted by molar-refractivity contribution is 7.11. The van der Waals surface area contributed by atoms with E-state index in [4.69, 9.17) is 10.5 Å². The molecule has 1 aliphatic heterocycles. The lowest BCUT2D eigenvalue weighted by molar-refractivity contribution is 0.199. The lowest BCUT2D eigenvalue weighted by Gasteiger charge is -2.39. The van der Waals surface area contributed by atoms with E-state index in [1.54, 1.807) is 0 Å². The van der Waals surface area contributed by atoms with E-state index in [0.717, 1.165) is 36.9 Å². The predicted octanol–water partition coefficient (Wildman–Crippen LogP) is 1.65. The number of ether oxygens (including phenoxy) is 1. The summed E-state index contributed by atoms with van der Waals surface area (Å²) in [7, 11) is 0. The average molecular weight is 270 g/mol. The molecule has 102 valence electrons. The summed E-state index contributed by atoms with van der Waals surface area (Å²) >= 11 is 1.44. The highest BCUT2D eigenvalue weighted by Gasteiger charge is 2.26. The summed E-state index contributed by atoms with van der Waals surface area (Å²) in [6.45, 7) is 11.3. The third-order valence-electron chi connectivity index (χ3n) is 3.40. The van der Waals surface area contributed by atoms with E-state index >= 15 is 0 Å². The summed E-state index contributed by atoms with van der Waals surface area (Å²) in [4.78, 5) is 4.83. The van der Waals surface area contributed by atoms with Crippen LogP contribution in [0.25, 0.3) is 0 Å². The fraction of sp³-hybridized carbons (Fsp3) is 0.750. The van der Waals surface area contributed by atoms with Gasteiger partial charge in [-0.15, -0.1) is 0 Å². The minimum absolute atomic E-state index is 0.516. The van der Waals surface area contributed by atoms with Crippen LogP contribution in [0.15, 0.2) is 0 Å². The molecule has 0 bridgehead atoms. The lowest BCUT2D eigenvalue weighted by atomic mass is 10.2. The Bertz CT molecular complexity index is 395. The van der Waals surface area contributed by atoms with Crippen LogP contribution < -0.4 is 15.4 Å². The number of nitrogens with zero attached hydrogens (tertiary/aromatic N) is 3. The summed E-state index contributed by atoms with van der Waals surface area (Å²) in [6.07, 6.45) is 0. The zero-order chi connectivity index (χ0) is 13.1. The average Bonchev–Trinajstić information content (AvgIpc) is 2.72. The molecular weight excluding hydrogens is 248 g/mol. The van der Waals surface area contributed by atoms with Crippen molar-refractivity contribution >= 4 is 22.4 Å². The Morgan fingerprint density at radius 2 is 2.22 bits per heavy atom. The Labute approximate surface area is 113 Å². The van der Waals surface area contributed by atoms with E-state index < -0.39 is 0 Å². The van der Waals surface area contributed by atoms with Gasteiger partial charge in [-0.2, -0.15) is 4.37 Å². The number of aromatic nitrogens is 1. The van der Waals surface area contributed by atoms with E-state index in [2.05, 4.69) is 28.0 Å². The zero-order valence-electron chi connectivity index (χ0n) is 11.3. The Hall–Kier alpha value is -1.01. The number of nitrogen functional groups attached to an aromatic ring is 1. The molecule has 0 saturated carbocycles. The second-order valence-corrected chi connectivity index (χ2v) is 5.31. The molecule has 0 aromatic carbocycles. The highest BCUT2D eigenvalue weighted by Crippen LogP contribution is 2.39. The van der Waals surface area contributed by atoms with Crippen LogP contribution in [-0.4, -0.2) is 48.1 Å². The van der Waals surface area contributed by atoms with Gasteiger partial charge in [-0.1, -0.05) is 6.92 Å². The number of piperazine rings is 1. The van der Waals surface area contributed by atoms with Gasteiger partial charge in [-0.3, -0.25) is 4.90 Å². The highest BCUT2D eigenvalue weighted by atomic mass is 32.1. The van der Waals surface area contributed by atoms with Crippen molar-refractivity contribution in [3.8, 4) is 5.75 Å². The van der Waals surface area contributed by atoms with Gasteiger partial charge in [0.1, 0.15) is 0 Å². The molecule has 2 heterocycles. The van der Waals surface area contributed by atoms with Crippen molar-refractivity contribution in [3.63, 3.8) is 0 Å². The summed E-state index contributed by atoms with van der Waals surface area (Å²) in [5.41, 5.74) is 5.86. The van der Waals surface area contributed by atoms with Gasteiger partial charge < -0.3 is 15.4 Å². The van der Waals surface area contributed by atoms with Gasteiger partial charge >= 0.3 is 0 Å². The van der Waals surface area contributed by atoms with Crippen LogP contribution >= 0.6 is 11.5 Å². The molecule has 1 aromatic heterocycles. The second-order valence-electron chi connectivity index (χ2n) is 4.56. The number of hydrogen-bond acceptors (Lipinski definition) is 6. The Balaban J connectivity index is 2.13. The Morgan fingerprint density at radius 3 is 2.83 bits per heavy atom. The fourth-order valence-electron chi connectivity index (χ4n) is 2.42.